The van der Waals surface area contributed by atoms with Crippen molar-refractivity contribution in [1.29, 1.82) is 0 Å². The van der Waals surface area contributed by atoms with E-state index in [4.69, 9.17) is 12.2 Å². The van der Waals surface area contributed by atoms with Gasteiger partial charge in [-0.3, -0.25) is 14.5 Å². The molecule has 1 aliphatic carbocycles. The number of thiocarbonyl (C=S) groups is 1. The Morgan fingerprint density at radius 3 is 2.47 bits per heavy atom. The number of hydrogen-bond acceptors (Lipinski definition) is 5. The molecule has 1 aromatic carbocycles. The minimum atomic E-state index is -0.0211. The zero-order chi connectivity index (χ0) is 22.1. The van der Waals surface area contributed by atoms with Crippen LogP contribution in [0.2, 0.25) is 0 Å². The first-order chi connectivity index (χ1) is 15.6. The number of nitrogens with one attached hydrogen (secondary N) is 1. The molecule has 3 fully saturated rings. The number of carbonyl (C=O) groups excluding carboxylic acids is 2. The summed E-state index contributed by atoms with van der Waals surface area (Å²) < 4.78 is 0. The maximum Gasteiger partial charge on any atom is 0.253 e. The van der Waals surface area contributed by atoms with E-state index in [0.717, 1.165) is 44.6 Å². The first-order valence-corrected chi connectivity index (χ1v) is 11.7. The van der Waals surface area contributed by atoms with Crippen molar-refractivity contribution in [3.05, 3.63) is 54.2 Å². The predicted molar refractivity (Wildman–Crippen MR) is 128 cm³/mol. The molecule has 166 valence electrons. The Labute approximate surface area is 193 Å². The van der Waals surface area contributed by atoms with Gasteiger partial charge < -0.3 is 15.1 Å². The highest BCUT2D eigenvalue weighted by molar-refractivity contribution is 7.80. The Bertz CT molecular complexity index is 1000. The molecule has 2 aliphatic heterocycles. The van der Waals surface area contributed by atoms with E-state index in [1.54, 1.807) is 23.2 Å². The smallest absolute Gasteiger partial charge is 0.253 e. The summed E-state index contributed by atoms with van der Waals surface area (Å²) in [6.07, 6.45) is 5.90. The van der Waals surface area contributed by atoms with E-state index in [1.807, 2.05) is 35.2 Å². The highest BCUT2D eigenvalue weighted by atomic mass is 32.1. The van der Waals surface area contributed by atoms with E-state index in [2.05, 4.69) is 15.2 Å². The standard InChI is InChI=1S/C24H27N5O2S/c30-22(28-15-13-27(14-16-28)21-7-3-4-12-25-21)17-8-10-18(11-9-17)29-23(31)19-5-1-2-6-20(19)26-24(29)32/h3-4,7-12,19-20H,1-2,5-6,13-16H2,(H,26,32). The van der Waals surface area contributed by atoms with Crippen LogP contribution in [0.5, 0.6) is 0 Å². The molecule has 1 aromatic heterocycles. The second-order valence-corrected chi connectivity index (χ2v) is 9.02. The molecule has 1 saturated carbocycles. The lowest BCUT2D eigenvalue weighted by atomic mass is 9.82. The van der Waals surface area contributed by atoms with Crippen molar-refractivity contribution in [3.8, 4) is 0 Å². The fourth-order valence-corrected chi connectivity index (χ4v) is 5.29. The highest BCUT2D eigenvalue weighted by Crippen LogP contribution is 2.32. The van der Waals surface area contributed by atoms with Gasteiger partial charge in [0.05, 0.1) is 11.6 Å². The number of carbonyl (C=O) groups is 2. The highest BCUT2D eigenvalue weighted by Gasteiger charge is 2.40. The number of nitrogens with zero attached hydrogens (tertiary/aromatic N) is 4. The molecule has 7 nitrogen and oxygen atoms in total. The molecule has 5 rings (SSSR count). The molecule has 2 amide bonds. The number of hydrogen-bond donors (Lipinski definition) is 1. The van der Waals surface area contributed by atoms with Gasteiger partial charge in [0.2, 0.25) is 5.91 Å². The van der Waals surface area contributed by atoms with E-state index >= 15 is 0 Å². The fourth-order valence-electron chi connectivity index (χ4n) is 4.95. The van der Waals surface area contributed by atoms with Crippen LogP contribution in [0, 0.1) is 5.92 Å². The molecular weight excluding hydrogens is 422 g/mol. The van der Waals surface area contributed by atoms with Gasteiger partial charge in [-0.25, -0.2) is 4.98 Å². The SMILES string of the molecule is O=C(c1ccc(N2C(=O)C3CCCCC3NC2=S)cc1)N1CCN(c2ccccn2)CC1. The summed E-state index contributed by atoms with van der Waals surface area (Å²) in [4.78, 5) is 36.2. The lowest BCUT2D eigenvalue weighted by molar-refractivity contribution is -0.123. The number of pyridine rings is 1. The van der Waals surface area contributed by atoms with Crippen molar-refractivity contribution < 1.29 is 9.59 Å². The summed E-state index contributed by atoms with van der Waals surface area (Å²) in [5.74, 6) is 1.01. The van der Waals surface area contributed by atoms with Crippen LogP contribution in [0.1, 0.15) is 36.0 Å². The minimum absolute atomic E-state index is 0.00948. The second-order valence-electron chi connectivity index (χ2n) is 8.63. The van der Waals surface area contributed by atoms with Gasteiger partial charge in [0, 0.05) is 44.0 Å². The van der Waals surface area contributed by atoms with Gasteiger partial charge in [0.25, 0.3) is 5.91 Å². The Kier molecular flexibility index (Phi) is 5.78. The molecule has 1 N–H and O–H groups in total. The molecule has 3 heterocycles. The Hall–Kier alpha value is -3.00. The quantitative estimate of drug-likeness (QED) is 0.727. The Balaban J connectivity index is 1.24. The van der Waals surface area contributed by atoms with E-state index in [-0.39, 0.29) is 23.8 Å². The number of piperazine rings is 1. The molecule has 3 aliphatic rings. The molecular formula is C24H27N5O2S. The number of fused-ring (bicyclic) bond motifs is 1. The predicted octanol–water partition coefficient (Wildman–Crippen LogP) is 2.82. The second kappa shape index (κ2) is 8.86. The van der Waals surface area contributed by atoms with Crippen molar-refractivity contribution in [2.24, 2.45) is 5.92 Å². The zero-order valence-corrected chi connectivity index (χ0v) is 18.8. The largest absolute Gasteiger partial charge is 0.358 e. The molecule has 2 aromatic rings. The van der Waals surface area contributed by atoms with Crippen LogP contribution in [0.3, 0.4) is 0 Å². The summed E-state index contributed by atoms with van der Waals surface area (Å²) in [6.45, 7) is 2.81. The summed E-state index contributed by atoms with van der Waals surface area (Å²) >= 11 is 5.50. The van der Waals surface area contributed by atoms with Gasteiger partial charge in [-0.15, -0.1) is 0 Å². The lowest BCUT2D eigenvalue weighted by Gasteiger charge is -2.41. The van der Waals surface area contributed by atoms with Crippen LogP contribution >= 0.6 is 12.2 Å². The third kappa shape index (κ3) is 3.95. The van der Waals surface area contributed by atoms with Crippen LogP contribution in [0.25, 0.3) is 0 Å². The van der Waals surface area contributed by atoms with Crippen LogP contribution in [-0.4, -0.2) is 59.0 Å². The fraction of sp³-hybridized carbons (Fsp3) is 0.417. The van der Waals surface area contributed by atoms with Gasteiger partial charge in [-0.2, -0.15) is 0 Å². The van der Waals surface area contributed by atoms with Gasteiger partial charge >= 0.3 is 0 Å². The van der Waals surface area contributed by atoms with Crippen molar-refractivity contribution in [2.75, 3.05) is 36.0 Å². The monoisotopic (exact) mass is 449 g/mol. The summed E-state index contributed by atoms with van der Waals surface area (Å²) in [7, 11) is 0. The zero-order valence-electron chi connectivity index (χ0n) is 17.9. The van der Waals surface area contributed by atoms with E-state index < -0.39 is 0 Å². The molecule has 0 bridgehead atoms. The number of benzene rings is 1. The van der Waals surface area contributed by atoms with E-state index in [0.29, 0.717) is 29.5 Å². The Morgan fingerprint density at radius 1 is 1.00 bits per heavy atom. The van der Waals surface area contributed by atoms with Crippen molar-refractivity contribution in [3.63, 3.8) is 0 Å². The first kappa shape index (κ1) is 20.9. The van der Waals surface area contributed by atoms with Crippen LogP contribution in [0.4, 0.5) is 11.5 Å². The average molecular weight is 450 g/mol. The van der Waals surface area contributed by atoms with Crippen LogP contribution in [-0.2, 0) is 4.79 Å². The molecule has 32 heavy (non-hydrogen) atoms. The average Bonchev–Trinajstić information content (AvgIpc) is 2.85. The number of rotatable bonds is 3. The van der Waals surface area contributed by atoms with Crippen LogP contribution in [0.15, 0.2) is 48.7 Å². The normalized spacial score (nSPS) is 23.6. The minimum Gasteiger partial charge on any atom is -0.358 e. The third-order valence-corrected chi connectivity index (χ3v) is 7.03. The molecule has 2 atom stereocenters. The molecule has 8 heteroatoms. The molecule has 2 saturated heterocycles. The van der Waals surface area contributed by atoms with Crippen molar-refractivity contribution in [2.45, 2.75) is 31.7 Å². The molecule has 2 unspecified atom stereocenters. The van der Waals surface area contributed by atoms with Gasteiger partial charge in [0.15, 0.2) is 5.11 Å². The number of amides is 2. The van der Waals surface area contributed by atoms with E-state index in [1.165, 1.54) is 0 Å². The van der Waals surface area contributed by atoms with Gasteiger partial charge in [-0.05, 0) is 61.5 Å². The summed E-state index contributed by atoms with van der Waals surface area (Å²) in [5.41, 5.74) is 1.34. The lowest BCUT2D eigenvalue weighted by Crippen LogP contribution is -2.61. The molecule has 0 spiro atoms. The summed E-state index contributed by atoms with van der Waals surface area (Å²) in [5, 5.41) is 3.82. The Morgan fingerprint density at radius 2 is 1.75 bits per heavy atom. The molecule has 0 radical (unpaired) electrons. The van der Waals surface area contributed by atoms with Gasteiger partial charge in [0.1, 0.15) is 5.82 Å². The number of aromatic nitrogens is 1. The van der Waals surface area contributed by atoms with E-state index in [9.17, 15) is 9.59 Å². The first-order valence-electron chi connectivity index (χ1n) is 11.3. The maximum absolute atomic E-state index is 13.1. The van der Waals surface area contributed by atoms with Crippen molar-refractivity contribution in [1.82, 2.24) is 15.2 Å². The van der Waals surface area contributed by atoms with Crippen LogP contribution < -0.4 is 15.1 Å². The van der Waals surface area contributed by atoms with Crippen molar-refractivity contribution >= 4 is 40.6 Å². The topological polar surface area (TPSA) is 68.8 Å². The number of anilines is 2. The third-order valence-electron chi connectivity index (χ3n) is 6.73. The van der Waals surface area contributed by atoms with Gasteiger partial charge in [-0.1, -0.05) is 18.9 Å². The maximum atomic E-state index is 13.1. The summed E-state index contributed by atoms with van der Waals surface area (Å²) in [6, 6.07) is 13.3.